The number of methoxy groups -OCH3 is 1. The van der Waals surface area contributed by atoms with Crippen molar-refractivity contribution in [3.8, 4) is 5.75 Å². The van der Waals surface area contributed by atoms with Crippen LogP contribution in [0.3, 0.4) is 0 Å². The number of piperidine rings is 1. The molecule has 2 aliphatic rings. The Labute approximate surface area is 186 Å². The highest BCUT2D eigenvalue weighted by Crippen LogP contribution is 2.38. The van der Waals surface area contributed by atoms with E-state index in [-0.39, 0.29) is 6.04 Å². The van der Waals surface area contributed by atoms with Gasteiger partial charge in [-0.1, -0.05) is 36.8 Å². The topological polar surface area (TPSA) is 70.7 Å². The van der Waals surface area contributed by atoms with E-state index in [1.165, 1.54) is 35.4 Å². The minimum absolute atomic E-state index is 0.258. The van der Waals surface area contributed by atoms with Crippen molar-refractivity contribution in [2.75, 3.05) is 24.7 Å². The molecule has 31 heavy (non-hydrogen) atoms. The summed E-state index contributed by atoms with van der Waals surface area (Å²) in [5.41, 5.74) is 2.90. The third-order valence-corrected chi connectivity index (χ3v) is 8.06. The number of hydrogen-bond donors (Lipinski definition) is 2. The van der Waals surface area contributed by atoms with Crippen LogP contribution >= 0.6 is 0 Å². The lowest BCUT2D eigenvalue weighted by molar-refractivity contribution is 0.201. The maximum Gasteiger partial charge on any atom is 0.231 e. The molecule has 7 heteroatoms. The molecule has 4 atom stereocenters. The number of nitrogens with zero attached hydrogens (tertiary/aromatic N) is 1. The third kappa shape index (κ3) is 4.89. The van der Waals surface area contributed by atoms with E-state index in [0.29, 0.717) is 30.2 Å². The van der Waals surface area contributed by atoms with Gasteiger partial charge in [-0.05, 0) is 48.9 Å². The number of nitrogens with one attached hydrogen (secondary N) is 2. The summed E-state index contributed by atoms with van der Waals surface area (Å²) < 4.78 is 30.8. The summed E-state index contributed by atoms with van der Waals surface area (Å²) in [4.78, 5) is 0. The number of ether oxygens (including phenoxy) is 1. The fourth-order valence-corrected chi connectivity index (χ4v) is 5.57. The van der Waals surface area contributed by atoms with E-state index in [9.17, 15) is 8.42 Å². The van der Waals surface area contributed by atoms with Gasteiger partial charge in [0.2, 0.25) is 10.0 Å². The zero-order valence-corrected chi connectivity index (χ0v) is 19.4. The number of hydrogen-bond acceptors (Lipinski definition) is 5. The highest BCUT2D eigenvalue weighted by molar-refractivity contribution is 7.92. The Bertz CT molecular complexity index is 996. The monoisotopic (exact) mass is 443 g/mol. The highest BCUT2D eigenvalue weighted by Gasteiger charge is 2.39. The van der Waals surface area contributed by atoms with Gasteiger partial charge in [-0.15, -0.1) is 0 Å². The molecule has 0 radical (unpaired) electrons. The zero-order valence-electron chi connectivity index (χ0n) is 18.5. The quantitative estimate of drug-likeness (QED) is 0.686. The van der Waals surface area contributed by atoms with Crippen LogP contribution in [0.4, 0.5) is 5.69 Å². The lowest BCUT2D eigenvalue weighted by Crippen LogP contribution is -2.52. The number of sulfonamides is 1. The second-order valence-electron chi connectivity index (χ2n) is 8.80. The molecule has 0 amide bonds. The molecule has 1 aliphatic heterocycles. The Morgan fingerprint density at radius 2 is 1.94 bits per heavy atom. The van der Waals surface area contributed by atoms with Gasteiger partial charge in [0, 0.05) is 37.3 Å². The van der Waals surface area contributed by atoms with Crippen molar-refractivity contribution in [2.45, 2.75) is 50.4 Å². The van der Waals surface area contributed by atoms with Gasteiger partial charge < -0.3 is 15.4 Å². The molecule has 0 spiro atoms. The smallest absolute Gasteiger partial charge is 0.231 e. The van der Waals surface area contributed by atoms with Gasteiger partial charge >= 0.3 is 0 Å². The van der Waals surface area contributed by atoms with E-state index < -0.39 is 10.0 Å². The van der Waals surface area contributed by atoms with Gasteiger partial charge in [0.1, 0.15) is 5.75 Å². The van der Waals surface area contributed by atoms with Gasteiger partial charge in [0.25, 0.3) is 0 Å². The lowest BCUT2D eigenvalue weighted by atomic mass is 9.83. The standard InChI is InChI=1S/C24H33N3O3S/c1-27(31(3,28)29)20-12-13-23(30-2)19(14-20)16-25-22-15-18-10-7-11-21(18)26-24(22)17-8-5-4-6-9-17/h4-6,8-9,12-14,18,21-22,24-26H,7,10-11,15-16H2,1-3H3. The summed E-state index contributed by atoms with van der Waals surface area (Å²) in [6, 6.07) is 17.3. The maximum absolute atomic E-state index is 12.0. The summed E-state index contributed by atoms with van der Waals surface area (Å²) >= 11 is 0. The Hall–Kier alpha value is -2.09. The van der Waals surface area contributed by atoms with E-state index in [2.05, 4.69) is 41.0 Å². The zero-order chi connectivity index (χ0) is 22.0. The first kappa shape index (κ1) is 22.1. The van der Waals surface area contributed by atoms with E-state index in [4.69, 9.17) is 4.74 Å². The molecule has 0 bridgehead atoms. The lowest BCUT2D eigenvalue weighted by Gasteiger charge is -2.41. The SMILES string of the molecule is COc1ccc(N(C)S(C)(=O)=O)cc1CNC1CC2CCCC2NC1c1ccccc1. The van der Waals surface area contributed by atoms with E-state index >= 15 is 0 Å². The van der Waals surface area contributed by atoms with Crippen LogP contribution in [0, 0.1) is 5.92 Å². The number of rotatable bonds is 7. The first-order chi connectivity index (χ1) is 14.9. The predicted octanol–water partition coefficient (Wildman–Crippen LogP) is 3.45. The molecule has 2 aromatic rings. The van der Waals surface area contributed by atoms with Crippen LogP contribution in [0.5, 0.6) is 5.75 Å². The average molecular weight is 444 g/mol. The molecule has 2 fully saturated rings. The summed E-state index contributed by atoms with van der Waals surface area (Å²) in [5, 5.41) is 7.68. The highest BCUT2D eigenvalue weighted by atomic mass is 32.2. The third-order valence-electron chi connectivity index (χ3n) is 6.85. The van der Waals surface area contributed by atoms with Crippen LogP contribution in [0.25, 0.3) is 0 Å². The molecule has 4 unspecified atom stereocenters. The van der Waals surface area contributed by atoms with Crippen molar-refractivity contribution < 1.29 is 13.2 Å². The first-order valence-electron chi connectivity index (χ1n) is 11.0. The van der Waals surface area contributed by atoms with Crippen molar-refractivity contribution in [3.63, 3.8) is 0 Å². The van der Waals surface area contributed by atoms with Crippen LogP contribution in [0.2, 0.25) is 0 Å². The molecule has 0 aromatic heterocycles. The molecule has 1 aliphatic carbocycles. The normalized spacial score (nSPS) is 25.8. The molecule has 6 nitrogen and oxygen atoms in total. The van der Waals surface area contributed by atoms with E-state index in [1.54, 1.807) is 20.2 Å². The Kier molecular flexibility index (Phi) is 6.55. The summed E-state index contributed by atoms with van der Waals surface area (Å²) in [6.07, 6.45) is 6.20. The fourth-order valence-electron chi connectivity index (χ4n) is 5.07. The number of benzene rings is 2. The average Bonchev–Trinajstić information content (AvgIpc) is 3.23. The van der Waals surface area contributed by atoms with Crippen LogP contribution in [-0.4, -0.2) is 40.9 Å². The number of fused-ring (bicyclic) bond motifs is 1. The molecule has 4 rings (SSSR count). The Morgan fingerprint density at radius 1 is 1.16 bits per heavy atom. The van der Waals surface area contributed by atoms with E-state index in [1.807, 2.05) is 12.1 Å². The molecular formula is C24H33N3O3S. The largest absolute Gasteiger partial charge is 0.496 e. The van der Waals surface area contributed by atoms with Crippen LogP contribution in [-0.2, 0) is 16.6 Å². The molecule has 2 N–H and O–H groups in total. The van der Waals surface area contributed by atoms with E-state index in [0.717, 1.165) is 17.7 Å². The van der Waals surface area contributed by atoms with Gasteiger partial charge in [0.05, 0.1) is 19.1 Å². The van der Waals surface area contributed by atoms with Crippen molar-refractivity contribution in [2.24, 2.45) is 5.92 Å². The molecule has 168 valence electrons. The van der Waals surface area contributed by atoms with Crippen molar-refractivity contribution in [1.82, 2.24) is 10.6 Å². The molecule has 2 aromatic carbocycles. The maximum atomic E-state index is 12.0. The van der Waals surface area contributed by atoms with Gasteiger partial charge in [-0.2, -0.15) is 0 Å². The first-order valence-corrected chi connectivity index (χ1v) is 12.9. The van der Waals surface area contributed by atoms with Crippen LogP contribution in [0.1, 0.15) is 42.9 Å². The Balaban J connectivity index is 1.56. The summed E-state index contributed by atoms with van der Waals surface area (Å²) in [5.74, 6) is 1.47. The van der Waals surface area contributed by atoms with Crippen molar-refractivity contribution >= 4 is 15.7 Å². The fraction of sp³-hybridized carbons (Fsp3) is 0.500. The molecule has 1 saturated heterocycles. The van der Waals surface area contributed by atoms with Crippen molar-refractivity contribution in [3.05, 3.63) is 59.7 Å². The predicted molar refractivity (Wildman–Crippen MR) is 125 cm³/mol. The second kappa shape index (κ2) is 9.18. The minimum atomic E-state index is -3.32. The minimum Gasteiger partial charge on any atom is -0.496 e. The molecule has 1 heterocycles. The second-order valence-corrected chi connectivity index (χ2v) is 10.8. The Morgan fingerprint density at radius 3 is 2.65 bits per heavy atom. The molecular weight excluding hydrogens is 410 g/mol. The van der Waals surface area contributed by atoms with Crippen molar-refractivity contribution in [1.29, 1.82) is 0 Å². The summed E-state index contributed by atoms with van der Waals surface area (Å²) in [7, 11) is -0.0961. The van der Waals surface area contributed by atoms with Gasteiger partial charge in [0.15, 0.2) is 0 Å². The van der Waals surface area contributed by atoms with Crippen LogP contribution in [0.15, 0.2) is 48.5 Å². The van der Waals surface area contributed by atoms with Gasteiger partial charge in [-0.25, -0.2) is 8.42 Å². The van der Waals surface area contributed by atoms with Gasteiger partial charge in [-0.3, -0.25) is 4.31 Å². The number of anilines is 1. The van der Waals surface area contributed by atoms with Crippen LogP contribution < -0.4 is 19.7 Å². The molecule has 1 saturated carbocycles. The summed E-state index contributed by atoms with van der Waals surface area (Å²) in [6.45, 7) is 0.613.